The Kier molecular flexibility index (Phi) is 3.60. The maximum atomic E-state index is 5.53. The van der Waals surface area contributed by atoms with Crippen molar-refractivity contribution in [3.63, 3.8) is 0 Å². The number of halogens is 1. The van der Waals surface area contributed by atoms with Gasteiger partial charge < -0.3 is 0 Å². The summed E-state index contributed by atoms with van der Waals surface area (Å²) in [7, 11) is 0. The highest BCUT2D eigenvalue weighted by molar-refractivity contribution is 9.10. The fraction of sp³-hybridized carbons (Fsp3) is 0.167. The van der Waals surface area contributed by atoms with E-state index in [0.717, 1.165) is 28.1 Å². The molecule has 8 heteroatoms. The molecule has 104 valence electrons. The first-order chi connectivity index (χ1) is 9.70. The second kappa shape index (κ2) is 5.39. The van der Waals surface area contributed by atoms with Crippen LogP contribution in [0.3, 0.4) is 0 Å². The third-order valence-corrected chi connectivity index (χ3v) is 3.95. The fourth-order valence-electron chi connectivity index (χ4n) is 2.00. The summed E-state index contributed by atoms with van der Waals surface area (Å²) < 4.78 is 3.58. The van der Waals surface area contributed by atoms with Crippen molar-refractivity contribution in [2.45, 2.75) is 6.92 Å². The van der Waals surface area contributed by atoms with Gasteiger partial charge in [0.25, 0.3) is 0 Å². The number of hydrogen-bond donors (Lipinski definition) is 3. The summed E-state index contributed by atoms with van der Waals surface area (Å²) in [5.41, 5.74) is 7.54. The highest BCUT2D eigenvalue weighted by Gasteiger charge is 2.20. The van der Waals surface area contributed by atoms with E-state index in [4.69, 9.17) is 12.2 Å². The number of hydrogen-bond acceptors (Lipinski definition) is 5. The van der Waals surface area contributed by atoms with Crippen LogP contribution in [-0.4, -0.2) is 27.2 Å². The number of H-pyrrole nitrogens is 1. The number of rotatable bonds is 3. The van der Waals surface area contributed by atoms with Crippen molar-refractivity contribution in [1.82, 2.24) is 25.9 Å². The molecule has 0 atom stereocenters. The predicted octanol–water partition coefficient (Wildman–Crippen LogP) is 2.30. The third-order valence-electron chi connectivity index (χ3n) is 3.02. The lowest BCUT2D eigenvalue weighted by atomic mass is 10.3. The average Bonchev–Trinajstić information content (AvgIpc) is 3.06. The average molecular weight is 353 g/mol. The van der Waals surface area contributed by atoms with Crippen molar-refractivity contribution in [2.75, 3.05) is 6.54 Å². The van der Waals surface area contributed by atoms with Crippen LogP contribution in [0.2, 0.25) is 0 Å². The van der Waals surface area contributed by atoms with Crippen LogP contribution in [-0.2, 0) is 0 Å². The Balaban J connectivity index is 2.01. The number of benzene rings is 1. The van der Waals surface area contributed by atoms with Crippen LogP contribution >= 0.6 is 28.1 Å². The largest absolute Gasteiger partial charge is 0.299 e. The minimum atomic E-state index is 0.690. The monoisotopic (exact) mass is 352 g/mol. The highest BCUT2D eigenvalue weighted by Crippen LogP contribution is 2.16. The minimum absolute atomic E-state index is 0.690. The SMILES string of the molecule is CCN1NNN=C1c1c[nH]n(-c2ccc(Br)cc2)c1=S. The first kappa shape index (κ1) is 13.3. The molecule has 0 amide bonds. The summed E-state index contributed by atoms with van der Waals surface area (Å²) in [4.78, 5) is 0. The normalized spacial score (nSPS) is 14.3. The van der Waals surface area contributed by atoms with E-state index in [1.807, 2.05) is 47.1 Å². The topological polar surface area (TPSA) is 60.4 Å². The van der Waals surface area contributed by atoms with Gasteiger partial charge in [0.05, 0.1) is 11.3 Å². The molecule has 0 saturated heterocycles. The van der Waals surface area contributed by atoms with Gasteiger partial charge in [-0.2, -0.15) is 0 Å². The van der Waals surface area contributed by atoms with Gasteiger partial charge in [0.15, 0.2) is 5.84 Å². The summed E-state index contributed by atoms with van der Waals surface area (Å²) >= 11 is 8.96. The van der Waals surface area contributed by atoms with E-state index in [1.54, 1.807) is 0 Å². The summed E-state index contributed by atoms with van der Waals surface area (Å²) in [5, 5.41) is 9.27. The molecule has 0 saturated carbocycles. The standard InChI is InChI=1S/C12H13BrN6S/c1-2-18-11(15-16-17-18)10-7-14-19(12(10)20)9-5-3-8(13)4-6-9/h3-7,14,16-17H,2H2,1H3. The molecule has 20 heavy (non-hydrogen) atoms. The molecule has 0 bridgehead atoms. The Morgan fingerprint density at radius 3 is 2.75 bits per heavy atom. The van der Waals surface area contributed by atoms with Crippen LogP contribution in [0, 0.1) is 4.64 Å². The van der Waals surface area contributed by atoms with Gasteiger partial charge in [-0.15, -0.1) is 10.6 Å². The van der Waals surface area contributed by atoms with Crippen molar-refractivity contribution < 1.29 is 0 Å². The van der Waals surface area contributed by atoms with E-state index < -0.39 is 0 Å². The Morgan fingerprint density at radius 1 is 1.30 bits per heavy atom. The number of nitrogens with zero attached hydrogens (tertiary/aromatic N) is 3. The third kappa shape index (κ3) is 2.26. The zero-order chi connectivity index (χ0) is 14.1. The summed E-state index contributed by atoms with van der Waals surface area (Å²) in [6.45, 7) is 2.82. The van der Waals surface area contributed by atoms with Crippen LogP contribution in [0.5, 0.6) is 0 Å². The molecule has 1 aliphatic heterocycles. The van der Waals surface area contributed by atoms with Crippen molar-refractivity contribution in [1.29, 1.82) is 0 Å². The summed E-state index contributed by atoms with van der Waals surface area (Å²) in [6.07, 6.45) is 1.86. The van der Waals surface area contributed by atoms with Gasteiger partial charge in [-0.3, -0.25) is 10.1 Å². The van der Waals surface area contributed by atoms with E-state index in [9.17, 15) is 0 Å². The molecule has 0 unspecified atom stereocenters. The Morgan fingerprint density at radius 2 is 2.05 bits per heavy atom. The number of amidine groups is 1. The van der Waals surface area contributed by atoms with Gasteiger partial charge in [-0.05, 0) is 31.2 Å². The second-order valence-electron chi connectivity index (χ2n) is 4.21. The Bertz CT molecular complexity index is 701. The molecular weight excluding hydrogens is 340 g/mol. The molecule has 3 N–H and O–H groups in total. The quantitative estimate of drug-likeness (QED) is 0.742. The van der Waals surface area contributed by atoms with Crippen molar-refractivity contribution in [3.05, 3.63) is 45.1 Å². The lowest BCUT2D eigenvalue weighted by molar-refractivity contribution is 0.308. The second-order valence-corrected chi connectivity index (χ2v) is 5.51. The number of nitrogens with one attached hydrogen (secondary N) is 3. The van der Waals surface area contributed by atoms with E-state index in [1.165, 1.54) is 0 Å². The van der Waals surface area contributed by atoms with Crippen molar-refractivity contribution in [3.8, 4) is 5.69 Å². The molecule has 1 aromatic carbocycles. The van der Waals surface area contributed by atoms with Crippen LogP contribution in [0.25, 0.3) is 5.69 Å². The molecule has 3 rings (SSSR count). The van der Waals surface area contributed by atoms with Crippen LogP contribution in [0.4, 0.5) is 0 Å². The molecule has 1 aliphatic rings. The van der Waals surface area contributed by atoms with Gasteiger partial charge in [-0.1, -0.05) is 28.1 Å². The maximum absolute atomic E-state index is 5.53. The molecule has 2 aromatic rings. The van der Waals surface area contributed by atoms with E-state index >= 15 is 0 Å². The molecule has 0 radical (unpaired) electrons. The first-order valence-electron chi connectivity index (χ1n) is 6.13. The van der Waals surface area contributed by atoms with Gasteiger partial charge >= 0.3 is 0 Å². The number of hydrazone groups is 1. The number of aromatic nitrogens is 2. The zero-order valence-electron chi connectivity index (χ0n) is 10.7. The molecular formula is C12H13BrN6S. The minimum Gasteiger partial charge on any atom is -0.299 e. The van der Waals surface area contributed by atoms with Gasteiger partial charge in [-0.25, -0.2) is 10.2 Å². The molecule has 0 fully saturated rings. The maximum Gasteiger partial charge on any atom is 0.177 e. The van der Waals surface area contributed by atoms with Crippen molar-refractivity contribution >= 4 is 34.0 Å². The number of aromatic amines is 1. The van der Waals surface area contributed by atoms with Gasteiger partial charge in [0, 0.05) is 17.2 Å². The van der Waals surface area contributed by atoms with E-state index in [-0.39, 0.29) is 0 Å². The fourth-order valence-corrected chi connectivity index (χ4v) is 2.57. The molecule has 2 heterocycles. The smallest absolute Gasteiger partial charge is 0.177 e. The van der Waals surface area contributed by atoms with E-state index in [2.05, 4.69) is 37.2 Å². The summed E-state index contributed by atoms with van der Waals surface area (Å²) in [5.74, 6) is 0.782. The van der Waals surface area contributed by atoms with Crippen LogP contribution in [0.1, 0.15) is 12.5 Å². The Labute approximate surface area is 129 Å². The highest BCUT2D eigenvalue weighted by atomic mass is 79.9. The first-order valence-corrected chi connectivity index (χ1v) is 7.33. The molecule has 0 aliphatic carbocycles. The Hall–Kier alpha value is -1.64. The van der Waals surface area contributed by atoms with Gasteiger partial charge in [0.2, 0.25) is 0 Å². The molecule has 0 spiro atoms. The molecule has 6 nitrogen and oxygen atoms in total. The van der Waals surface area contributed by atoms with Crippen LogP contribution < -0.4 is 11.1 Å². The zero-order valence-corrected chi connectivity index (χ0v) is 13.1. The lowest BCUT2D eigenvalue weighted by Gasteiger charge is -2.14. The van der Waals surface area contributed by atoms with E-state index in [0.29, 0.717) is 4.64 Å². The summed E-state index contributed by atoms with van der Waals surface area (Å²) in [6, 6.07) is 7.94. The lowest BCUT2D eigenvalue weighted by Crippen LogP contribution is -2.40. The van der Waals surface area contributed by atoms with Crippen molar-refractivity contribution in [2.24, 2.45) is 5.10 Å². The predicted molar refractivity (Wildman–Crippen MR) is 83.8 cm³/mol. The molecule has 1 aromatic heterocycles. The number of hydrazine groups is 2. The van der Waals surface area contributed by atoms with Gasteiger partial charge in [0.1, 0.15) is 4.64 Å². The van der Waals surface area contributed by atoms with Crippen LogP contribution in [0.15, 0.2) is 40.0 Å².